The van der Waals surface area contributed by atoms with Crippen LogP contribution in [-0.2, 0) is 28.8 Å². The molecule has 0 rings (SSSR count). The summed E-state index contributed by atoms with van der Waals surface area (Å²) in [7, 11) is 0. The number of amides is 4. The van der Waals surface area contributed by atoms with E-state index in [2.05, 4.69) is 16.0 Å². The van der Waals surface area contributed by atoms with E-state index in [4.69, 9.17) is 16.6 Å². The third-order valence-corrected chi connectivity index (χ3v) is 3.96. The number of carboxylic acids is 2. The van der Waals surface area contributed by atoms with E-state index in [1.807, 2.05) is 0 Å². The van der Waals surface area contributed by atoms with Gasteiger partial charge in [0.2, 0.25) is 23.6 Å². The molecule has 4 amide bonds. The Morgan fingerprint density at radius 3 is 1.73 bits per heavy atom. The second-order valence-electron chi connectivity index (χ2n) is 7.08. The topological polar surface area (TPSA) is 231 Å². The van der Waals surface area contributed by atoms with Crippen LogP contribution in [0.5, 0.6) is 0 Å². The Morgan fingerprint density at radius 1 is 0.833 bits per heavy atom. The smallest absolute Gasteiger partial charge is 0.326 e. The van der Waals surface area contributed by atoms with E-state index in [0.717, 1.165) is 0 Å². The number of rotatable bonds is 13. The lowest BCUT2D eigenvalue weighted by Gasteiger charge is -2.25. The van der Waals surface area contributed by atoms with Gasteiger partial charge in [-0.25, -0.2) is 4.79 Å². The van der Waals surface area contributed by atoms with Gasteiger partial charge in [0.1, 0.15) is 18.1 Å². The Bertz CT molecular complexity index is 679. The molecule has 0 bridgehead atoms. The van der Waals surface area contributed by atoms with E-state index in [1.54, 1.807) is 13.8 Å². The van der Waals surface area contributed by atoms with Gasteiger partial charge in [-0.15, -0.1) is 0 Å². The standard InChI is InChI=1S/C17H29N5O8/c1-7(2)13(17(29)30)22-15(27)9(4-5-12(24)25)20-16(28)10(6-11(19)23)21-14(26)8(3)18/h7-10,13H,4-6,18H2,1-3H3,(H2,19,23)(H,20,28)(H,21,26)(H,22,27)(H,24,25)(H,29,30). The van der Waals surface area contributed by atoms with Gasteiger partial charge >= 0.3 is 11.9 Å². The molecule has 9 N–H and O–H groups in total. The summed E-state index contributed by atoms with van der Waals surface area (Å²) in [5.74, 6) is -6.63. The molecule has 0 spiro atoms. The molecule has 4 unspecified atom stereocenters. The molecule has 30 heavy (non-hydrogen) atoms. The van der Waals surface area contributed by atoms with Crippen molar-refractivity contribution in [3.05, 3.63) is 0 Å². The molecule has 0 saturated carbocycles. The molecule has 0 aliphatic carbocycles. The van der Waals surface area contributed by atoms with Crippen molar-refractivity contribution in [2.75, 3.05) is 0 Å². The molecule has 170 valence electrons. The van der Waals surface area contributed by atoms with E-state index >= 15 is 0 Å². The highest BCUT2D eigenvalue weighted by Gasteiger charge is 2.31. The SMILES string of the molecule is CC(N)C(=O)NC(CC(N)=O)C(=O)NC(CCC(=O)O)C(=O)NC(C(=O)O)C(C)C. The number of carboxylic acid groups (broad SMARTS) is 2. The number of hydrogen-bond acceptors (Lipinski definition) is 7. The minimum atomic E-state index is -1.46. The van der Waals surface area contributed by atoms with Crippen molar-refractivity contribution in [3.8, 4) is 0 Å². The molecule has 0 aliphatic rings. The van der Waals surface area contributed by atoms with Crippen LogP contribution in [-0.4, -0.2) is 69.9 Å². The Balaban J connectivity index is 5.51. The quantitative estimate of drug-likeness (QED) is 0.160. The Hall–Kier alpha value is -3.22. The van der Waals surface area contributed by atoms with Crippen molar-refractivity contribution in [2.45, 2.75) is 64.2 Å². The predicted octanol–water partition coefficient (Wildman–Crippen LogP) is -2.73. The van der Waals surface area contributed by atoms with Crippen LogP contribution in [0.3, 0.4) is 0 Å². The van der Waals surface area contributed by atoms with Gasteiger partial charge < -0.3 is 37.6 Å². The number of carbonyl (C=O) groups excluding carboxylic acids is 4. The monoisotopic (exact) mass is 431 g/mol. The maximum Gasteiger partial charge on any atom is 0.326 e. The fourth-order valence-corrected chi connectivity index (χ4v) is 2.29. The van der Waals surface area contributed by atoms with Crippen molar-refractivity contribution in [3.63, 3.8) is 0 Å². The molecule has 13 nitrogen and oxygen atoms in total. The molecule has 0 heterocycles. The van der Waals surface area contributed by atoms with Crippen LogP contribution in [0.15, 0.2) is 0 Å². The number of aliphatic carboxylic acids is 2. The summed E-state index contributed by atoms with van der Waals surface area (Å²) in [4.78, 5) is 70.2. The highest BCUT2D eigenvalue weighted by Crippen LogP contribution is 2.06. The third kappa shape index (κ3) is 9.82. The van der Waals surface area contributed by atoms with Gasteiger partial charge in [0, 0.05) is 6.42 Å². The molecular formula is C17H29N5O8. The summed E-state index contributed by atoms with van der Waals surface area (Å²) in [5.41, 5.74) is 10.5. The molecular weight excluding hydrogens is 402 g/mol. The zero-order valence-corrected chi connectivity index (χ0v) is 17.0. The molecule has 0 fully saturated rings. The maximum absolute atomic E-state index is 12.5. The highest BCUT2D eigenvalue weighted by atomic mass is 16.4. The van der Waals surface area contributed by atoms with Crippen LogP contribution in [0.4, 0.5) is 0 Å². The van der Waals surface area contributed by atoms with Gasteiger partial charge in [0.15, 0.2) is 0 Å². The minimum Gasteiger partial charge on any atom is -0.481 e. The van der Waals surface area contributed by atoms with Crippen LogP contribution in [0.1, 0.15) is 40.0 Å². The van der Waals surface area contributed by atoms with Crippen LogP contribution >= 0.6 is 0 Å². The molecule has 0 aromatic carbocycles. The van der Waals surface area contributed by atoms with Crippen LogP contribution in [0.25, 0.3) is 0 Å². The lowest BCUT2D eigenvalue weighted by molar-refractivity contribution is -0.144. The van der Waals surface area contributed by atoms with Gasteiger partial charge in [-0.05, 0) is 19.3 Å². The van der Waals surface area contributed by atoms with Gasteiger partial charge in [-0.3, -0.25) is 24.0 Å². The molecule has 4 atom stereocenters. The first-order valence-corrected chi connectivity index (χ1v) is 9.15. The molecule has 13 heteroatoms. The maximum atomic E-state index is 12.5. The zero-order chi connectivity index (χ0) is 23.6. The predicted molar refractivity (Wildman–Crippen MR) is 103 cm³/mol. The molecule has 0 saturated heterocycles. The van der Waals surface area contributed by atoms with Crippen molar-refractivity contribution in [1.82, 2.24) is 16.0 Å². The summed E-state index contributed by atoms with van der Waals surface area (Å²) in [6, 6.07) is -5.17. The first-order valence-electron chi connectivity index (χ1n) is 9.15. The zero-order valence-electron chi connectivity index (χ0n) is 17.0. The van der Waals surface area contributed by atoms with Crippen LogP contribution in [0, 0.1) is 5.92 Å². The van der Waals surface area contributed by atoms with Crippen molar-refractivity contribution < 1.29 is 39.0 Å². The van der Waals surface area contributed by atoms with E-state index in [1.165, 1.54) is 6.92 Å². The molecule has 0 radical (unpaired) electrons. The lowest BCUT2D eigenvalue weighted by atomic mass is 10.0. The third-order valence-electron chi connectivity index (χ3n) is 3.96. The van der Waals surface area contributed by atoms with E-state index in [0.29, 0.717) is 0 Å². The van der Waals surface area contributed by atoms with Crippen molar-refractivity contribution >= 4 is 35.6 Å². The lowest BCUT2D eigenvalue weighted by Crippen LogP contribution is -2.58. The summed E-state index contributed by atoms with van der Waals surface area (Å²) >= 11 is 0. The Kier molecular flexibility index (Phi) is 11.0. The van der Waals surface area contributed by atoms with E-state index < -0.39 is 78.5 Å². The number of carbonyl (C=O) groups is 6. The Labute approximate surface area is 172 Å². The number of primary amides is 1. The summed E-state index contributed by atoms with van der Waals surface area (Å²) in [6.07, 6.45) is -1.46. The summed E-state index contributed by atoms with van der Waals surface area (Å²) < 4.78 is 0. The van der Waals surface area contributed by atoms with Gasteiger partial charge in [-0.2, -0.15) is 0 Å². The molecule has 0 aromatic rings. The molecule has 0 aromatic heterocycles. The van der Waals surface area contributed by atoms with Gasteiger partial charge in [0.05, 0.1) is 12.5 Å². The average Bonchev–Trinajstić information content (AvgIpc) is 2.60. The van der Waals surface area contributed by atoms with Gasteiger partial charge in [-0.1, -0.05) is 13.8 Å². The molecule has 0 aliphatic heterocycles. The van der Waals surface area contributed by atoms with Crippen LogP contribution < -0.4 is 27.4 Å². The first kappa shape index (κ1) is 26.8. The van der Waals surface area contributed by atoms with Crippen LogP contribution in [0.2, 0.25) is 0 Å². The normalized spacial score (nSPS) is 14.7. The fraction of sp³-hybridized carbons (Fsp3) is 0.647. The van der Waals surface area contributed by atoms with Crippen molar-refractivity contribution in [1.29, 1.82) is 0 Å². The highest BCUT2D eigenvalue weighted by molar-refractivity contribution is 5.96. The first-order chi connectivity index (χ1) is 13.8. The summed E-state index contributed by atoms with van der Waals surface area (Å²) in [5, 5.41) is 24.8. The largest absolute Gasteiger partial charge is 0.481 e. The number of hydrogen-bond donors (Lipinski definition) is 7. The second kappa shape index (κ2) is 12.4. The fourth-order valence-electron chi connectivity index (χ4n) is 2.29. The number of nitrogens with two attached hydrogens (primary N) is 2. The van der Waals surface area contributed by atoms with Gasteiger partial charge in [0.25, 0.3) is 0 Å². The minimum absolute atomic E-state index is 0.359. The average molecular weight is 431 g/mol. The number of nitrogens with one attached hydrogen (secondary N) is 3. The van der Waals surface area contributed by atoms with Crippen molar-refractivity contribution in [2.24, 2.45) is 17.4 Å². The summed E-state index contributed by atoms with van der Waals surface area (Å²) in [6.45, 7) is 4.45. The van der Waals surface area contributed by atoms with E-state index in [9.17, 15) is 33.9 Å². The van der Waals surface area contributed by atoms with E-state index in [-0.39, 0.29) is 6.42 Å². The Morgan fingerprint density at radius 2 is 1.33 bits per heavy atom. The second-order valence-corrected chi connectivity index (χ2v) is 7.08.